The zero-order chi connectivity index (χ0) is 25.2. The maximum Gasteiger partial charge on any atom is 0.251 e. The molecule has 1 saturated carbocycles. The van der Waals surface area contributed by atoms with Crippen LogP contribution in [0.5, 0.6) is 5.75 Å². The average molecular weight is 489 g/mol. The summed E-state index contributed by atoms with van der Waals surface area (Å²) in [5, 5.41) is 13.0. The molecule has 2 atom stereocenters. The first kappa shape index (κ1) is 23.7. The van der Waals surface area contributed by atoms with Crippen molar-refractivity contribution < 1.29 is 24.3 Å². The highest BCUT2D eigenvalue weighted by atomic mass is 16.5. The number of aromatic nitrogens is 1. The Morgan fingerprint density at radius 3 is 2.56 bits per heavy atom. The molecule has 1 aromatic heterocycles. The molecule has 1 aliphatic heterocycles. The molecule has 9 nitrogen and oxygen atoms in total. The van der Waals surface area contributed by atoms with Gasteiger partial charge in [0.1, 0.15) is 12.4 Å². The Hall–Kier alpha value is -3.98. The van der Waals surface area contributed by atoms with Crippen molar-refractivity contribution in [2.75, 3.05) is 13.1 Å². The lowest BCUT2D eigenvalue weighted by atomic mass is 10.0. The number of pyridine rings is 1. The number of carbonyl (C=O) groups excluding carboxylic acids is 3. The van der Waals surface area contributed by atoms with Crippen LogP contribution >= 0.6 is 0 Å². The lowest BCUT2D eigenvalue weighted by molar-refractivity contribution is -0.134. The summed E-state index contributed by atoms with van der Waals surface area (Å²) in [4.78, 5) is 43.7. The fraction of sp³-hybridized carbons (Fsp3) is 0.333. The number of nitrogens with zero attached hydrogens (tertiary/aromatic N) is 2. The van der Waals surface area contributed by atoms with Gasteiger partial charge in [0.15, 0.2) is 0 Å². The summed E-state index contributed by atoms with van der Waals surface area (Å²) in [5.74, 6) is -1.07. The van der Waals surface area contributed by atoms with E-state index in [9.17, 15) is 14.4 Å². The van der Waals surface area contributed by atoms with Crippen molar-refractivity contribution in [1.82, 2.24) is 20.7 Å². The summed E-state index contributed by atoms with van der Waals surface area (Å²) in [7, 11) is 0. The molecule has 2 heterocycles. The molecule has 9 heteroatoms. The topological polar surface area (TPSA) is 121 Å². The van der Waals surface area contributed by atoms with Crippen LogP contribution in [0.15, 0.2) is 54.6 Å². The number of ether oxygens (including phenoxy) is 1. The summed E-state index contributed by atoms with van der Waals surface area (Å²) < 4.78 is 5.97. The molecule has 2 aromatic carbocycles. The van der Waals surface area contributed by atoms with Crippen LogP contribution in [-0.2, 0) is 16.2 Å². The second kappa shape index (κ2) is 9.94. The molecule has 1 unspecified atom stereocenters. The molecule has 3 aromatic rings. The molecule has 186 valence electrons. The van der Waals surface area contributed by atoms with E-state index in [4.69, 9.17) is 9.94 Å². The Morgan fingerprint density at radius 2 is 1.83 bits per heavy atom. The number of hydroxylamine groups is 1. The van der Waals surface area contributed by atoms with Gasteiger partial charge in [-0.05, 0) is 56.2 Å². The molecule has 0 bridgehead atoms. The zero-order valence-electron chi connectivity index (χ0n) is 19.9. The van der Waals surface area contributed by atoms with Crippen LogP contribution in [0.25, 0.3) is 10.9 Å². The minimum absolute atomic E-state index is 0.00107. The van der Waals surface area contributed by atoms with Gasteiger partial charge < -0.3 is 15.0 Å². The number of para-hydroxylation sites is 1. The fourth-order valence-corrected chi connectivity index (χ4v) is 4.70. The summed E-state index contributed by atoms with van der Waals surface area (Å²) in [6, 6.07) is 16.1. The SMILES string of the molecule is Cc1cc(COc2ccc(C(=O)NC3CN(C(=O)C4CC4)C[C@@H]3C(=O)NO)cc2)c2ccccc2n1. The van der Waals surface area contributed by atoms with Gasteiger partial charge in [0.05, 0.1) is 17.5 Å². The third kappa shape index (κ3) is 5.01. The number of nitrogens with one attached hydrogen (secondary N) is 2. The number of hydrogen-bond acceptors (Lipinski definition) is 6. The number of likely N-dealkylation sites (tertiary alicyclic amines) is 1. The van der Waals surface area contributed by atoms with Gasteiger partial charge in [-0.3, -0.25) is 24.6 Å². The summed E-state index contributed by atoms with van der Waals surface area (Å²) in [5.41, 5.74) is 4.92. The molecule has 1 aliphatic carbocycles. The highest BCUT2D eigenvalue weighted by molar-refractivity contribution is 5.95. The molecule has 2 aliphatic rings. The quantitative estimate of drug-likeness (QED) is 0.347. The van der Waals surface area contributed by atoms with Crippen molar-refractivity contribution in [2.45, 2.75) is 32.4 Å². The van der Waals surface area contributed by atoms with Gasteiger partial charge in [0.2, 0.25) is 11.8 Å². The van der Waals surface area contributed by atoms with E-state index in [1.165, 1.54) is 0 Å². The highest BCUT2D eigenvalue weighted by Gasteiger charge is 2.44. The van der Waals surface area contributed by atoms with Crippen molar-refractivity contribution in [3.05, 3.63) is 71.4 Å². The van der Waals surface area contributed by atoms with Crippen LogP contribution in [0.2, 0.25) is 0 Å². The van der Waals surface area contributed by atoms with Crippen LogP contribution in [0, 0.1) is 18.8 Å². The van der Waals surface area contributed by atoms with Crippen LogP contribution in [-0.4, -0.2) is 51.9 Å². The molecule has 2 fully saturated rings. The minimum Gasteiger partial charge on any atom is -0.489 e. The Balaban J connectivity index is 1.23. The molecule has 0 radical (unpaired) electrons. The third-order valence-electron chi connectivity index (χ3n) is 6.76. The Kier molecular flexibility index (Phi) is 6.56. The van der Waals surface area contributed by atoms with E-state index in [2.05, 4.69) is 10.3 Å². The Morgan fingerprint density at radius 1 is 1.08 bits per heavy atom. The number of hydrogen-bond donors (Lipinski definition) is 3. The fourth-order valence-electron chi connectivity index (χ4n) is 4.70. The maximum atomic E-state index is 12.9. The van der Waals surface area contributed by atoms with Gasteiger partial charge in [-0.15, -0.1) is 0 Å². The standard InChI is InChI=1S/C27H28N4O5/c1-16-12-19(21-4-2-3-5-23(21)28-16)15-36-20-10-8-17(9-11-20)25(32)29-24-14-31(27(34)18-6-7-18)13-22(24)26(33)30-35/h2-5,8-12,18,22,24,35H,6-7,13-15H2,1H3,(H,29,32)(H,30,33)/t22-,24?/m0/s1. The van der Waals surface area contributed by atoms with Crippen LogP contribution in [0.1, 0.15) is 34.5 Å². The minimum atomic E-state index is -0.720. The van der Waals surface area contributed by atoms with Crippen LogP contribution in [0.3, 0.4) is 0 Å². The molecule has 3 amide bonds. The van der Waals surface area contributed by atoms with Gasteiger partial charge in [-0.25, -0.2) is 5.48 Å². The summed E-state index contributed by atoms with van der Waals surface area (Å²) in [6.45, 7) is 2.71. The Labute approximate surface area is 208 Å². The summed E-state index contributed by atoms with van der Waals surface area (Å²) in [6.07, 6.45) is 1.71. The predicted molar refractivity (Wildman–Crippen MR) is 131 cm³/mol. The van der Waals surface area contributed by atoms with E-state index in [0.717, 1.165) is 35.0 Å². The monoisotopic (exact) mass is 488 g/mol. The number of fused-ring (bicyclic) bond motifs is 1. The van der Waals surface area contributed by atoms with Crippen LogP contribution < -0.4 is 15.5 Å². The molecular weight excluding hydrogens is 460 g/mol. The first-order valence-electron chi connectivity index (χ1n) is 12.0. The van der Waals surface area contributed by atoms with E-state index in [0.29, 0.717) is 17.9 Å². The lowest BCUT2D eigenvalue weighted by Crippen LogP contribution is -2.45. The number of benzene rings is 2. The highest BCUT2D eigenvalue weighted by Crippen LogP contribution is 2.33. The van der Waals surface area contributed by atoms with Crippen molar-refractivity contribution >= 4 is 28.6 Å². The molecule has 3 N–H and O–H groups in total. The summed E-state index contributed by atoms with van der Waals surface area (Å²) >= 11 is 0. The van der Waals surface area contributed by atoms with E-state index in [-0.39, 0.29) is 30.8 Å². The maximum absolute atomic E-state index is 12.9. The first-order valence-corrected chi connectivity index (χ1v) is 12.0. The van der Waals surface area contributed by atoms with Crippen molar-refractivity contribution in [3.8, 4) is 5.75 Å². The van der Waals surface area contributed by atoms with Gasteiger partial charge in [-0.1, -0.05) is 18.2 Å². The predicted octanol–water partition coefficient (Wildman–Crippen LogP) is 2.59. The first-order chi connectivity index (χ1) is 17.4. The van der Waals surface area contributed by atoms with Crippen LogP contribution in [0.4, 0.5) is 0 Å². The van der Waals surface area contributed by atoms with E-state index in [1.54, 1.807) is 34.6 Å². The number of carbonyl (C=O) groups is 3. The Bertz CT molecular complexity index is 1310. The lowest BCUT2D eigenvalue weighted by Gasteiger charge is -2.18. The molecular formula is C27H28N4O5. The number of aryl methyl sites for hydroxylation is 1. The third-order valence-corrected chi connectivity index (χ3v) is 6.76. The van der Waals surface area contributed by atoms with E-state index >= 15 is 0 Å². The number of amides is 3. The van der Waals surface area contributed by atoms with E-state index in [1.807, 2.05) is 37.3 Å². The van der Waals surface area contributed by atoms with Gasteiger partial charge in [0.25, 0.3) is 5.91 Å². The molecule has 5 rings (SSSR count). The van der Waals surface area contributed by atoms with Gasteiger partial charge in [-0.2, -0.15) is 0 Å². The smallest absolute Gasteiger partial charge is 0.251 e. The van der Waals surface area contributed by atoms with Crippen molar-refractivity contribution in [1.29, 1.82) is 0 Å². The number of rotatable bonds is 7. The van der Waals surface area contributed by atoms with Gasteiger partial charge in [0, 0.05) is 41.2 Å². The molecule has 0 spiro atoms. The normalized spacial score (nSPS) is 19.2. The van der Waals surface area contributed by atoms with Gasteiger partial charge >= 0.3 is 0 Å². The van der Waals surface area contributed by atoms with Crippen molar-refractivity contribution in [3.63, 3.8) is 0 Å². The van der Waals surface area contributed by atoms with E-state index < -0.39 is 17.9 Å². The molecule has 36 heavy (non-hydrogen) atoms. The average Bonchev–Trinajstić information content (AvgIpc) is 3.66. The van der Waals surface area contributed by atoms with Crippen molar-refractivity contribution in [2.24, 2.45) is 11.8 Å². The second-order valence-electron chi connectivity index (χ2n) is 9.43. The second-order valence-corrected chi connectivity index (χ2v) is 9.43. The molecule has 1 saturated heterocycles. The largest absolute Gasteiger partial charge is 0.489 e. The zero-order valence-corrected chi connectivity index (χ0v) is 19.9.